The summed E-state index contributed by atoms with van der Waals surface area (Å²) in [5.74, 6) is 0.689. The molecule has 0 atom stereocenters. The van der Waals surface area contributed by atoms with Crippen LogP contribution in [0.15, 0.2) is 48.5 Å². The summed E-state index contributed by atoms with van der Waals surface area (Å²) >= 11 is 5.83. The Hall–Kier alpha value is -2.57. The molecule has 0 bridgehead atoms. The van der Waals surface area contributed by atoms with Crippen molar-refractivity contribution in [3.63, 3.8) is 0 Å². The third-order valence-corrected chi connectivity index (χ3v) is 5.09. The molecule has 2 amide bonds. The van der Waals surface area contributed by atoms with Gasteiger partial charge in [0.25, 0.3) is 5.91 Å². The van der Waals surface area contributed by atoms with E-state index in [1.165, 1.54) is 0 Å². The normalized spacial score (nSPS) is 14.5. The highest BCUT2D eigenvalue weighted by molar-refractivity contribution is 6.30. The van der Waals surface area contributed by atoms with Gasteiger partial charge < -0.3 is 19.9 Å². The largest absolute Gasteiger partial charge is 0.494 e. The van der Waals surface area contributed by atoms with Crippen molar-refractivity contribution in [1.82, 2.24) is 9.80 Å². The Morgan fingerprint density at radius 2 is 1.66 bits per heavy atom. The van der Waals surface area contributed by atoms with Crippen molar-refractivity contribution in [1.29, 1.82) is 0 Å². The van der Waals surface area contributed by atoms with E-state index in [4.69, 9.17) is 16.3 Å². The van der Waals surface area contributed by atoms with Crippen molar-refractivity contribution in [3.05, 3.63) is 59.1 Å². The fourth-order valence-corrected chi connectivity index (χ4v) is 3.19. The molecule has 0 aromatic heterocycles. The number of halogens is 1. The first kappa shape index (κ1) is 21.1. The molecule has 154 valence electrons. The first-order valence-corrected chi connectivity index (χ1v) is 10.2. The summed E-state index contributed by atoms with van der Waals surface area (Å²) in [6, 6.07) is 14.2. The van der Waals surface area contributed by atoms with Crippen LogP contribution in [0.2, 0.25) is 5.02 Å². The summed E-state index contributed by atoms with van der Waals surface area (Å²) in [5.41, 5.74) is 1.33. The molecule has 1 fully saturated rings. The lowest BCUT2D eigenvalue weighted by Crippen LogP contribution is -2.47. The maximum Gasteiger partial charge on any atom is 0.253 e. The molecule has 1 heterocycles. The Bertz CT molecular complexity index is 816. The molecule has 2 aromatic carbocycles. The molecule has 3 rings (SSSR count). The zero-order valence-corrected chi connectivity index (χ0v) is 17.3. The SMILES string of the molecule is CN1CCN(C(=O)c2ccc(NC(=O)CCCOc3ccc(Cl)cc3)cc2)CC1. The van der Waals surface area contributed by atoms with Crippen molar-refractivity contribution in [2.75, 3.05) is 45.2 Å². The quantitative estimate of drug-likeness (QED) is 0.703. The van der Waals surface area contributed by atoms with Crippen molar-refractivity contribution in [2.24, 2.45) is 0 Å². The molecule has 0 unspecified atom stereocenters. The van der Waals surface area contributed by atoms with E-state index in [1.807, 2.05) is 4.90 Å². The van der Waals surface area contributed by atoms with Crippen LogP contribution in [0.3, 0.4) is 0 Å². The molecule has 2 aromatic rings. The van der Waals surface area contributed by atoms with Crippen LogP contribution in [0.1, 0.15) is 23.2 Å². The van der Waals surface area contributed by atoms with Crippen LogP contribution in [-0.4, -0.2) is 61.4 Å². The molecule has 29 heavy (non-hydrogen) atoms. The lowest BCUT2D eigenvalue weighted by atomic mass is 10.1. The molecular formula is C22H26ClN3O3. The fraction of sp³-hybridized carbons (Fsp3) is 0.364. The van der Waals surface area contributed by atoms with Crippen molar-refractivity contribution in [3.8, 4) is 5.75 Å². The van der Waals surface area contributed by atoms with Crippen LogP contribution in [0.4, 0.5) is 5.69 Å². The van der Waals surface area contributed by atoms with Gasteiger partial charge in [-0.2, -0.15) is 0 Å². The number of likely N-dealkylation sites (N-methyl/N-ethyl adjacent to an activating group) is 1. The summed E-state index contributed by atoms with van der Waals surface area (Å²) in [6.45, 7) is 3.72. The van der Waals surface area contributed by atoms with E-state index in [0.717, 1.165) is 31.9 Å². The number of nitrogens with zero attached hydrogens (tertiary/aromatic N) is 2. The van der Waals surface area contributed by atoms with Gasteiger partial charge in [0.1, 0.15) is 5.75 Å². The first-order chi connectivity index (χ1) is 14.0. The highest BCUT2D eigenvalue weighted by Crippen LogP contribution is 2.16. The number of piperazine rings is 1. The number of nitrogens with one attached hydrogen (secondary N) is 1. The predicted octanol–water partition coefficient (Wildman–Crippen LogP) is 3.53. The monoisotopic (exact) mass is 415 g/mol. The summed E-state index contributed by atoms with van der Waals surface area (Å²) in [6.07, 6.45) is 0.962. The van der Waals surface area contributed by atoms with Crippen molar-refractivity contribution in [2.45, 2.75) is 12.8 Å². The summed E-state index contributed by atoms with van der Waals surface area (Å²) in [4.78, 5) is 28.7. The van der Waals surface area contributed by atoms with Crippen LogP contribution < -0.4 is 10.1 Å². The fourth-order valence-electron chi connectivity index (χ4n) is 3.07. The number of amides is 2. The van der Waals surface area contributed by atoms with Crippen LogP contribution >= 0.6 is 11.6 Å². The lowest BCUT2D eigenvalue weighted by molar-refractivity contribution is -0.116. The van der Waals surface area contributed by atoms with E-state index in [-0.39, 0.29) is 11.8 Å². The average molecular weight is 416 g/mol. The molecule has 0 saturated carbocycles. The Balaban J connectivity index is 1.40. The number of carbonyl (C=O) groups excluding carboxylic acids is 2. The molecule has 1 aliphatic rings. The van der Waals surface area contributed by atoms with E-state index in [1.54, 1.807) is 48.5 Å². The molecule has 1 saturated heterocycles. The van der Waals surface area contributed by atoms with Gasteiger partial charge >= 0.3 is 0 Å². The zero-order chi connectivity index (χ0) is 20.6. The summed E-state index contributed by atoms with van der Waals surface area (Å²) < 4.78 is 5.58. The zero-order valence-electron chi connectivity index (χ0n) is 16.6. The Morgan fingerprint density at radius 1 is 1.00 bits per heavy atom. The molecule has 0 spiro atoms. The minimum absolute atomic E-state index is 0.0373. The van der Waals surface area contributed by atoms with Crippen LogP contribution in [0.25, 0.3) is 0 Å². The third-order valence-electron chi connectivity index (χ3n) is 4.84. The smallest absolute Gasteiger partial charge is 0.253 e. The van der Waals surface area contributed by atoms with Crippen LogP contribution in [-0.2, 0) is 4.79 Å². The molecule has 0 aliphatic carbocycles. The second-order valence-electron chi connectivity index (χ2n) is 7.13. The highest BCUT2D eigenvalue weighted by Gasteiger charge is 2.20. The topological polar surface area (TPSA) is 61.9 Å². The summed E-state index contributed by atoms with van der Waals surface area (Å²) in [7, 11) is 2.06. The summed E-state index contributed by atoms with van der Waals surface area (Å²) in [5, 5.41) is 3.52. The van der Waals surface area contributed by atoms with E-state index < -0.39 is 0 Å². The van der Waals surface area contributed by atoms with Gasteiger partial charge in [0.2, 0.25) is 5.91 Å². The van der Waals surface area contributed by atoms with Gasteiger partial charge in [-0.25, -0.2) is 0 Å². The van der Waals surface area contributed by atoms with Gasteiger partial charge in [0.05, 0.1) is 6.61 Å². The number of anilines is 1. The number of rotatable bonds is 7. The minimum atomic E-state index is -0.0807. The Kier molecular flexibility index (Phi) is 7.49. The van der Waals surface area contributed by atoms with Gasteiger partial charge in [0.15, 0.2) is 0 Å². The first-order valence-electron chi connectivity index (χ1n) is 9.77. The highest BCUT2D eigenvalue weighted by atomic mass is 35.5. The molecule has 7 heteroatoms. The van der Waals surface area contributed by atoms with Gasteiger partial charge in [-0.05, 0) is 62.0 Å². The maximum atomic E-state index is 12.5. The van der Waals surface area contributed by atoms with Crippen molar-refractivity contribution < 1.29 is 14.3 Å². The van der Waals surface area contributed by atoms with Crippen molar-refractivity contribution >= 4 is 29.1 Å². The van der Waals surface area contributed by atoms with Gasteiger partial charge in [-0.15, -0.1) is 0 Å². The van der Waals surface area contributed by atoms with Gasteiger partial charge in [-0.3, -0.25) is 9.59 Å². The van der Waals surface area contributed by atoms with Gasteiger partial charge in [0, 0.05) is 48.9 Å². The second kappa shape index (κ2) is 10.3. The number of hydrogen-bond acceptors (Lipinski definition) is 4. The van der Waals surface area contributed by atoms with Crippen LogP contribution in [0, 0.1) is 0 Å². The lowest BCUT2D eigenvalue weighted by Gasteiger charge is -2.32. The Morgan fingerprint density at radius 3 is 2.31 bits per heavy atom. The van der Waals surface area contributed by atoms with E-state index in [2.05, 4.69) is 17.3 Å². The Labute approximate surface area is 176 Å². The van der Waals surface area contributed by atoms with Gasteiger partial charge in [-0.1, -0.05) is 11.6 Å². The van der Waals surface area contributed by atoms with E-state index >= 15 is 0 Å². The molecular weight excluding hydrogens is 390 g/mol. The van der Waals surface area contributed by atoms with Crippen LogP contribution in [0.5, 0.6) is 5.75 Å². The number of hydrogen-bond donors (Lipinski definition) is 1. The van der Waals surface area contributed by atoms with E-state index in [0.29, 0.717) is 35.7 Å². The minimum Gasteiger partial charge on any atom is -0.494 e. The standard InChI is InChI=1S/C22H26ClN3O3/c1-25-12-14-26(15-13-25)22(28)17-4-8-19(9-5-17)24-21(27)3-2-16-29-20-10-6-18(23)7-11-20/h4-11H,2-3,12-16H2,1H3,(H,24,27). The molecule has 1 aliphatic heterocycles. The molecule has 1 N–H and O–H groups in total. The number of carbonyl (C=O) groups is 2. The molecule has 0 radical (unpaired) electrons. The third kappa shape index (κ3) is 6.48. The number of ether oxygens (including phenoxy) is 1. The second-order valence-corrected chi connectivity index (χ2v) is 7.56. The predicted molar refractivity (Wildman–Crippen MR) is 115 cm³/mol. The maximum absolute atomic E-state index is 12.5. The van der Waals surface area contributed by atoms with E-state index in [9.17, 15) is 9.59 Å². The number of benzene rings is 2. The molecule has 6 nitrogen and oxygen atoms in total. The average Bonchev–Trinajstić information content (AvgIpc) is 2.73.